The van der Waals surface area contributed by atoms with Crippen LogP contribution in [0.3, 0.4) is 0 Å². The molecule has 0 fully saturated rings. The molecule has 62 valence electrons. The molecule has 4 heteroatoms. The van der Waals surface area contributed by atoms with E-state index in [0.29, 0.717) is 19.7 Å². The van der Waals surface area contributed by atoms with Gasteiger partial charge in [0.15, 0.2) is 5.79 Å². The Morgan fingerprint density at radius 2 is 2.00 bits per heavy atom. The molecule has 0 saturated carbocycles. The van der Waals surface area contributed by atoms with Gasteiger partial charge >= 0.3 is 0 Å². The van der Waals surface area contributed by atoms with Gasteiger partial charge in [0.05, 0.1) is 6.61 Å². The predicted molar refractivity (Wildman–Crippen MR) is 39.5 cm³/mol. The van der Waals surface area contributed by atoms with Crippen LogP contribution < -0.4 is 11.5 Å². The van der Waals surface area contributed by atoms with Gasteiger partial charge in [0, 0.05) is 20.2 Å². The minimum absolute atomic E-state index is 0.337. The molecule has 0 aliphatic heterocycles. The Hall–Kier alpha value is -0.160. The van der Waals surface area contributed by atoms with E-state index in [1.807, 2.05) is 0 Å². The van der Waals surface area contributed by atoms with E-state index in [9.17, 15) is 0 Å². The normalized spacial score (nSPS) is 16.8. The van der Waals surface area contributed by atoms with Crippen LogP contribution in [0.4, 0.5) is 0 Å². The number of nitrogens with two attached hydrogens (primary N) is 2. The zero-order valence-electron chi connectivity index (χ0n) is 6.59. The largest absolute Gasteiger partial charge is 0.352 e. The van der Waals surface area contributed by atoms with Crippen LogP contribution in [0.5, 0.6) is 0 Å². The summed E-state index contributed by atoms with van der Waals surface area (Å²) >= 11 is 0. The summed E-state index contributed by atoms with van der Waals surface area (Å²) in [5.74, 6) is -0.667. The first-order chi connectivity index (χ1) is 4.68. The molecular weight excluding hydrogens is 132 g/mol. The summed E-state index contributed by atoms with van der Waals surface area (Å²) in [4.78, 5) is 0. The molecule has 0 radical (unpaired) electrons. The third-order valence-corrected chi connectivity index (χ3v) is 1.33. The fourth-order valence-electron chi connectivity index (χ4n) is 0.476. The van der Waals surface area contributed by atoms with Gasteiger partial charge < -0.3 is 20.9 Å². The molecule has 0 rings (SSSR count). The van der Waals surface area contributed by atoms with E-state index in [0.717, 1.165) is 0 Å². The van der Waals surface area contributed by atoms with Crippen molar-refractivity contribution in [3.8, 4) is 0 Å². The molecule has 4 nitrogen and oxygen atoms in total. The zero-order valence-corrected chi connectivity index (χ0v) is 6.59. The maximum absolute atomic E-state index is 5.37. The molecule has 0 heterocycles. The lowest BCUT2D eigenvalue weighted by Gasteiger charge is -2.26. The van der Waals surface area contributed by atoms with Crippen molar-refractivity contribution in [2.24, 2.45) is 11.5 Å². The summed E-state index contributed by atoms with van der Waals surface area (Å²) in [5, 5.41) is 0. The lowest BCUT2D eigenvalue weighted by atomic mass is 10.3. The molecule has 0 saturated heterocycles. The van der Waals surface area contributed by atoms with Crippen molar-refractivity contribution in [3.05, 3.63) is 0 Å². The second-order valence-corrected chi connectivity index (χ2v) is 2.18. The van der Waals surface area contributed by atoms with Crippen LogP contribution in [0.2, 0.25) is 0 Å². The highest BCUT2D eigenvalue weighted by Crippen LogP contribution is 2.07. The fourth-order valence-corrected chi connectivity index (χ4v) is 0.476. The smallest absolute Gasteiger partial charge is 0.177 e. The van der Waals surface area contributed by atoms with Gasteiger partial charge in [-0.15, -0.1) is 0 Å². The van der Waals surface area contributed by atoms with Gasteiger partial charge in [-0.3, -0.25) is 0 Å². The average Bonchev–Trinajstić information content (AvgIpc) is 2.00. The van der Waals surface area contributed by atoms with Crippen molar-refractivity contribution in [3.63, 3.8) is 0 Å². The minimum atomic E-state index is -0.667. The van der Waals surface area contributed by atoms with Crippen LogP contribution in [-0.4, -0.2) is 32.6 Å². The molecule has 0 aromatic heterocycles. The molecule has 0 aromatic rings. The van der Waals surface area contributed by atoms with E-state index in [2.05, 4.69) is 0 Å². The molecule has 1 atom stereocenters. The van der Waals surface area contributed by atoms with Gasteiger partial charge in [-0.1, -0.05) is 0 Å². The van der Waals surface area contributed by atoms with Crippen molar-refractivity contribution >= 4 is 0 Å². The molecular formula is C6H16N2O2. The summed E-state index contributed by atoms with van der Waals surface area (Å²) in [6.07, 6.45) is 0. The Morgan fingerprint density at radius 3 is 2.30 bits per heavy atom. The molecule has 1 unspecified atom stereocenters. The van der Waals surface area contributed by atoms with Crippen molar-refractivity contribution in [2.45, 2.75) is 12.7 Å². The summed E-state index contributed by atoms with van der Waals surface area (Å²) in [6, 6.07) is 0. The highest BCUT2D eigenvalue weighted by Gasteiger charge is 2.20. The number of ether oxygens (including phenoxy) is 2. The maximum atomic E-state index is 5.37. The van der Waals surface area contributed by atoms with Crippen LogP contribution in [0.1, 0.15) is 6.92 Å². The maximum Gasteiger partial charge on any atom is 0.177 e. The molecule has 4 N–H and O–H groups in total. The van der Waals surface area contributed by atoms with E-state index < -0.39 is 5.79 Å². The second-order valence-electron chi connectivity index (χ2n) is 2.18. The van der Waals surface area contributed by atoms with Gasteiger partial charge in [0.25, 0.3) is 0 Å². The first-order valence-electron chi connectivity index (χ1n) is 3.28. The lowest BCUT2D eigenvalue weighted by Crippen LogP contribution is -2.40. The zero-order chi connectivity index (χ0) is 8.04. The van der Waals surface area contributed by atoms with E-state index in [-0.39, 0.29) is 0 Å². The lowest BCUT2D eigenvalue weighted by molar-refractivity contribution is -0.200. The van der Waals surface area contributed by atoms with Gasteiger partial charge in [-0.05, 0) is 6.92 Å². The van der Waals surface area contributed by atoms with Crippen molar-refractivity contribution in [1.82, 2.24) is 0 Å². The third kappa shape index (κ3) is 3.12. The Balaban J connectivity index is 3.58. The summed E-state index contributed by atoms with van der Waals surface area (Å²) in [6.45, 7) is 3.08. The first kappa shape index (κ1) is 9.84. The third-order valence-electron chi connectivity index (χ3n) is 1.33. The average molecular weight is 148 g/mol. The van der Waals surface area contributed by atoms with Gasteiger partial charge in [0.2, 0.25) is 0 Å². The van der Waals surface area contributed by atoms with Crippen molar-refractivity contribution in [2.75, 3.05) is 26.8 Å². The molecule has 0 aliphatic carbocycles. The van der Waals surface area contributed by atoms with Crippen molar-refractivity contribution in [1.29, 1.82) is 0 Å². The summed E-state index contributed by atoms with van der Waals surface area (Å²) in [7, 11) is 1.56. The second kappa shape index (κ2) is 4.62. The van der Waals surface area contributed by atoms with Gasteiger partial charge in [-0.25, -0.2) is 0 Å². The number of hydrogen-bond acceptors (Lipinski definition) is 4. The van der Waals surface area contributed by atoms with Gasteiger partial charge in [0.1, 0.15) is 0 Å². The van der Waals surface area contributed by atoms with Crippen LogP contribution >= 0.6 is 0 Å². The Bertz CT molecular complexity index is 83.8. The fraction of sp³-hybridized carbons (Fsp3) is 1.00. The number of methoxy groups -OCH3 is 1. The number of rotatable bonds is 5. The summed E-state index contributed by atoms with van der Waals surface area (Å²) in [5.41, 5.74) is 10.6. The molecule has 10 heavy (non-hydrogen) atoms. The highest BCUT2D eigenvalue weighted by atomic mass is 16.7. The quantitative estimate of drug-likeness (QED) is 0.505. The first-order valence-corrected chi connectivity index (χ1v) is 3.28. The Morgan fingerprint density at radius 1 is 1.40 bits per heavy atom. The van der Waals surface area contributed by atoms with E-state index in [4.69, 9.17) is 20.9 Å². The summed E-state index contributed by atoms with van der Waals surface area (Å²) < 4.78 is 10.2. The molecule has 0 amide bonds. The monoisotopic (exact) mass is 148 g/mol. The highest BCUT2D eigenvalue weighted by molar-refractivity contribution is 4.62. The van der Waals surface area contributed by atoms with Gasteiger partial charge in [-0.2, -0.15) is 0 Å². The Labute approximate surface area is 61.5 Å². The molecule has 0 aliphatic rings. The van der Waals surface area contributed by atoms with E-state index in [1.165, 1.54) is 0 Å². The van der Waals surface area contributed by atoms with Crippen LogP contribution in [0.15, 0.2) is 0 Å². The minimum Gasteiger partial charge on any atom is -0.352 e. The molecule has 0 spiro atoms. The topological polar surface area (TPSA) is 70.5 Å². The van der Waals surface area contributed by atoms with Crippen LogP contribution in [0.25, 0.3) is 0 Å². The molecule has 0 aromatic carbocycles. The standard InChI is InChI=1S/C6H16N2O2/c1-6(5-8,9-2)10-4-3-7/h3-5,7-8H2,1-2H3. The van der Waals surface area contributed by atoms with E-state index >= 15 is 0 Å². The molecule has 0 bridgehead atoms. The predicted octanol–water partition coefficient (Wildman–Crippen LogP) is -0.717. The van der Waals surface area contributed by atoms with Crippen molar-refractivity contribution < 1.29 is 9.47 Å². The Kier molecular flexibility index (Phi) is 4.55. The van der Waals surface area contributed by atoms with Crippen LogP contribution in [0, 0.1) is 0 Å². The number of hydrogen-bond donors (Lipinski definition) is 2. The van der Waals surface area contributed by atoms with E-state index in [1.54, 1.807) is 14.0 Å². The van der Waals surface area contributed by atoms with Crippen LogP contribution in [-0.2, 0) is 9.47 Å². The SMILES string of the molecule is COC(C)(CN)OCCN.